The second-order valence-electron chi connectivity index (χ2n) is 21.1. The minimum absolute atomic E-state index is 0.0270. The van der Waals surface area contributed by atoms with Gasteiger partial charge in [0.15, 0.2) is 11.6 Å². The highest BCUT2D eigenvalue weighted by atomic mass is 16.8. The Balaban J connectivity index is 1.24. The van der Waals surface area contributed by atoms with Crippen LogP contribution in [0.3, 0.4) is 0 Å². The van der Waals surface area contributed by atoms with Gasteiger partial charge in [0.05, 0.1) is 53.2 Å². The summed E-state index contributed by atoms with van der Waals surface area (Å²) in [5, 5.41) is 36.3. The molecule has 5 aliphatic heterocycles. The molecule has 6 rings (SSSR count). The molecule has 1 amide bonds. The molecule has 0 radical (unpaired) electrons. The van der Waals surface area contributed by atoms with Crippen LogP contribution in [0.15, 0.2) is 12.2 Å². The number of likely N-dealkylation sites (N-methyl/N-ethyl adjacent to an activating group) is 1. The summed E-state index contributed by atoms with van der Waals surface area (Å²) in [6.45, 7) is 20.6. The molecule has 0 aromatic rings. The first-order chi connectivity index (χ1) is 29.0. The van der Waals surface area contributed by atoms with Crippen LogP contribution in [-0.4, -0.2) is 130 Å². The number of carboxylic acid groups (broad SMARTS) is 1. The second kappa shape index (κ2) is 18.2. The van der Waals surface area contributed by atoms with E-state index in [0.29, 0.717) is 70.8 Å². The van der Waals surface area contributed by atoms with Gasteiger partial charge in [0.1, 0.15) is 18.4 Å². The lowest BCUT2D eigenvalue weighted by Gasteiger charge is -2.55. The minimum atomic E-state index is -1.37. The fourth-order valence-electron chi connectivity index (χ4n) is 12.3. The third-order valence-corrected chi connectivity index (χ3v) is 16.8. The predicted molar refractivity (Wildman–Crippen MR) is 232 cm³/mol. The molecule has 5 fully saturated rings. The Kier molecular flexibility index (Phi) is 14.5. The SMILES string of the molecule is CC[C@@H](C(=O)[C@@H](C)[C@@H](O)C1(C)C[C@]12O[C@@H]([C@@H](CC)C(=O)O)CC[C@@H]2C)[C@H]1O[C@]2(C=C[C@@H](NC(=O)OCCN(C)C)[C@]3(CC[C@@](C)([C@H]4CC[C@](O)(CC)[C@H](C)O4)O3)O2)[C@H](C)C[C@@H]1C. The molecule has 1 saturated carbocycles. The number of aliphatic hydroxyl groups excluding tert-OH is 1. The number of ketones is 1. The van der Waals surface area contributed by atoms with Gasteiger partial charge >= 0.3 is 12.1 Å². The van der Waals surface area contributed by atoms with Crippen LogP contribution < -0.4 is 5.32 Å². The van der Waals surface area contributed by atoms with Crippen LogP contribution in [0.4, 0.5) is 4.79 Å². The summed E-state index contributed by atoms with van der Waals surface area (Å²) >= 11 is 0. The number of aliphatic hydroxyl groups is 2. The maximum atomic E-state index is 14.8. The first kappa shape index (κ1) is 49.3. The molecule has 4 saturated heterocycles. The standard InChI is InChI=1S/C48H80N2O12/c1-13-33(41(53)54)35-17-16-29(5)46(59-35)27-43(46,9)40(52)31(7)38(51)34(14-2)39-28(4)26-30(6)47(60-39)21-18-36(49-42(55)57-25-24-50(11)12)48(62-47)23-22-44(10,61-48)37-19-20-45(56,15-3)32(8)58-37/h18,21,28-37,39-40,52,56H,13-17,19-20,22-27H2,1-12H3,(H,49,55)(H,53,54)/t28-,29-,30+,31+,32-,33+,34-,35+,36+,37+,39-,40+,43?,44-,45+,46+,47-,48-/m0/s1. The number of hydrogen-bond acceptors (Lipinski definition) is 12. The smallest absolute Gasteiger partial charge is 0.407 e. The van der Waals surface area contributed by atoms with Crippen molar-refractivity contribution in [1.29, 1.82) is 0 Å². The number of carboxylic acids is 1. The maximum absolute atomic E-state index is 14.8. The van der Waals surface area contributed by atoms with E-state index in [1.807, 2.05) is 72.7 Å². The minimum Gasteiger partial charge on any atom is -0.481 e. The number of ether oxygens (including phenoxy) is 6. The van der Waals surface area contributed by atoms with Crippen LogP contribution in [0.25, 0.3) is 0 Å². The van der Waals surface area contributed by atoms with Crippen LogP contribution in [0, 0.1) is 40.9 Å². The van der Waals surface area contributed by atoms with Gasteiger partial charge in [0.25, 0.3) is 0 Å². The van der Waals surface area contributed by atoms with Crippen molar-refractivity contribution in [2.45, 2.75) is 205 Å². The maximum Gasteiger partial charge on any atom is 0.407 e. The number of nitrogens with one attached hydrogen (secondary N) is 1. The van der Waals surface area contributed by atoms with Crippen molar-refractivity contribution in [3.63, 3.8) is 0 Å². The number of hydrogen-bond donors (Lipinski definition) is 4. The van der Waals surface area contributed by atoms with Gasteiger partial charge in [-0.05, 0) is 110 Å². The molecule has 354 valence electrons. The zero-order valence-corrected chi connectivity index (χ0v) is 39.7. The van der Waals surface area contributed by atoms with Gasteiger partial charge in [-0.2, -0.15) is 0 Å². The first-order valence-corrected chi connectivity index (χ1v) is 23.9. The van der Waals surface area contributed by atoms with Gasteiger partial charge in [0, 0.05) is 36.1 Å². The molecule has 6 aliphatic rings. The van der Waals surface area contributed by atoms with E-state index in [1.165, 1.54) is 0 Å². The van der Waals surface area contributed by atoms with E-state index in [-0.39, 0.29) is 36.2 Å². The third-order valence-electron chi connectivity index (χ3n) is 16.8. The molecule has 1 unspecified atom stereocenters. The Morgan fingerprint density at radius 2 is 1.63 bits per heavy atom. The molecule has 0 aromatic heterocycles. The number of carbonyl (C=O) groups is 3. The Morgan fingerprint density at radius 3 is 2.24 bits per heavy atom. The van der Waals surface area contributed by atoms with E-state index in [2.05, 4.69) is 26.1 Å². The zero-order chi connectivity index (χ0) is 45.8. The van der Waals surface area contributed by atoms with Gasteiger partial charge in [-0.15, -0.1) is 0 Å². The van der Waals surface area contributed by atoms with Crippen molar-refractivity contribution >= 4 is 17.8 Å². The molecule has 14 nitrogen and oxygen atoms in total. The van der Waals surface area contributed by atoms with Crippen molar-refractivity contribution < 1.29 is 58.1 Å². The monoisotopic (exact) mass is 877 g/mol. The summed E-state index contributed by atoms with van der Waals surface area (Å²) < 4.78 is 40.3. The van der Waals surface area contributed by atoms with Gasteiger partial charge in [-0.25, -0.2) is 4.79 Å². The summed E-state index contributed by atoms with van der Waals surface area (Å²) in [4.78, 5) is 42.2. The van der Waals surface area contributed by atoms with E-state index in [9.17, 15) is 29.7 Å². The zero-order valence-electron chi connectivity index (χ0n) is 39.7. The summed E-state index contributed by atoms with van der Waals surface area (Å²) in [5.41, 5.74) is -3.15. The summed E-state index contributed by atoms with van der Waals surface area (Å²) in [6.07, 6.45) is 6.77. The van der Waals surface area contributed by atoms with Crippen LogP contribution in [-0.2, 0) is 38.0 Å². The first-order valence-electron chi connectivity index (χ1n) is 23.9. The summed E-state index contributed by atoms with van der Waals surface area (Å²) in [6, 6.07) is -0.735. The Bertz CT molecular complexity index is 1660. The topological polar surface area (TPSA) is 183 Å². The fourth-order valence-corrected chi connectivity index (χ4v) is 12.3. The van der Waals surface area contributed by atoms with Crippen molar-refractivity contribution in [1.82, 2.24) is 10.2 Å². The van der Waals surface area contributed by atoms with Crippen molar-refractivity contribution in [2.24, 2.45) is 40.9 Å². The second-order valence-corrected chi connectivity index (χ2v) is 21.1. The van der Waals surface area contributed by atoms with Gasteiger partial charge in [-0.1, -0.05) is 61.5 Å². The highest BCUT2D eigenvalue weighted by Gasteiger charge is 2.74. The Morgan fingerprint density at radius 1 is 0.935 bits per heavy atom. The average molecular weight is 877 g/mol. The largest absolute Gasteiger partial charge is 0.481 e. The molecule has 5 heterocycles. The third kappa shape index (κ3) is 8.78. The Hall–Kier alpha value is -2.17. The molecule has 14 heteroatoms. The van der Waals surface area contributed by atoms with Gasteiger partial charge in [0.2, 0.25) is 0 Å². The lowest BCUT2D eigenvalue weighted by Crippen LogP contribution is -2.65. The Labute approximate surface area is 370 Å². The van der Waals surface area contributed by atoms with Crippen molar-refractivity contribution in [3.05, 3.63) is 12.2 Å². The number of Topliss-reactive ketones (excluding diaryl/α,β-unsaturated/α-hetero) is 1. The van der Waals surface area contributed by atoms with E-state index in [4.69, 9.17) is 28.4 Å². The summed E-state index contributed by atoms with van der Waals surface area (Å²) in [7, 11) is 3.82. The average Bonchev–Trinajstić information content (AvgIpc) is 3.67. The fraction of sp³-hybridized carbons (Fsp3) is 0.896. The van der Waals surface area contributed by atoms with Crippen LogP contribution in [0.5, 0.6) is 0 Å². The molecule has 18 atom stereocenters. The molecule has 3 spiro atoms. The predicted octanol–water partition coefficient (Wildman–Crippen LogP) is 6.63. The van der Waals surface area contributed by atoms with E-state index in [0.717, 1.165) is 6.42 Å². The van der Waals surface area contributed by atoms with Crippen LogP contribution in [0.2, 0.25) is 0 Å². The molecule has 1 aliphatic carbocycles. The van der Waals surface area contributed by atoms with E-state index < -0.39 is 94.1 Å². The van der Waals surface area contributed by atoms with E-state index >= 15 is 0 Å². The van der Waals surface area contributed by atoms with Crippen LogP contribution in [0.1, 0.15) is 140 Å². The number of amides is 1. The molecule has 4 N–H and O–H groups in total. The molecular formula is C48H80N2O12. The van der Waals surface area contributed by atoms with Gasteiger partial charge in [-0.3, -0.25) is 9.59 Å². The molecule has 0 bridgehead atoms. The van der Waals surface area contributed by atoms with Crippen LogP contribution >= 0.6 is 0 Å². The van der Waals surface area contributed by atoms with Gasteiger partial charge < -0.3 is 54.0 Å². The number of nitrogens with zero attached hydrogens (tertiary/aromatic N) is 1. The number of rotatable bonds is 15. The van der Waals surface area contributed by atoms with E-state index in [1.54, 1.807) is 6.92 Å². The lowest BCUT2D eigenvalue weighted by atomic mass is 9.72. The number of alkyl carbamates (subject to hydrolysis) is 1. The normalized spacial score (nSPS) is 44.9. The van der Waals surface area contributed by atoms with Crippen molar-refractivity contribution in [3.8, 4) is 0 Å². The molecular weight excluding hydrogens is 797 g/mol. The highest BCUT2D eigenvalue weighted by Crippen LogP contribution is 2.68. The highest BCUT2D eigenvalue weighted by molar-refractivity contribution is 5.84. The molecule has 62 heavy (non-hydrogen) atoms. The lowest BCUT2D eigenvalue weighted by molar-refractivity contribution is -0.398. The number of aliphatic carboxylic acids is 1. The van der Waals surface area contributed by atoms with Crippen molar-refractivity contribution in [2.75, 3.05) is 27.2 Å². The quantitative estimate of drug-likeness (QED) is 0.129. The number of carbonyl (C=O) groups excluding carboxylic acids is 2. The summed E-state index contributed by atoms with van der Waals surface area (Å²) in [5.74, 6) is -5.64. The molecule has 0 aromatic carbocycles.